The fourth-order valence-electron chi connectivity index (χ4n) is 1.18. The van der Waals surface area contributed by atoms with Crippen molar-refractivity contribution in [2.75, 3.05) is 12.3 Å². The molecule has 0 spiro atoms. The van der Waals surface area contributed by atoms with Crippen molar-refractivity contribution in [3.8, 4) is 0 Å². The van der Waals surface area contributed by atoms with Crippen LogP contribution < -0.4 is 5.32 Å². The van der Waals surface area contributed by atoms with E-state index < -0.39 is 0 Å². The van der Waals surface area contributed by atoms with Crippen molar-refractivity contribution < 1.29 is 4.79 Å². The summed E-state index contributed by atoms with van der Waals surface area (Å²) in [6, 6.07) is 6.77. The second-order valence-electron chi connectivity index (χ2n) is 3.00. The number of hydrogen-bond acceptors (Lipinski definition) is 3. The lowest BCUT2D eigenvalue weighted by atomic mass is 10.2. The fourth-order valence-corrected chi connectivity index (χ4v) is 2.03. The second kappa shape index (κ2) is 4.68. The zero-order chi connectivity index (χ0) is 10.7. The largest absolute Gasteiger partial charge is 0.301 e. The fraction of sp³-hybridized carbons (Fsp3) is 0.200. The molecule has 0 atom stereocenters. The van der Waals surface area contributed by atoms with Gasteiger partial charge < -0.3 is 5.32 Å². The van der Waals surface area contributed by atoms with Crippen LogP contribution in [0.5, 0.6) is 0 Å². The van der Waals surface area contributed by atoms with Crippen molar-refractivity contribution in [1.29, 1.82) is 0 Å². The number of carbonyl (C=O) groups excluding carboxylic acids is 1. The van der Waals surface area contributed by atoms with E-state index >= 15 is 0 Å². The molecule has 1 amide bonds. The maximum atomic E-state index is 11.7. The minimum atomic E-state index is -0.139. The van der Waals surface area contributed by atoms with Crippen molar-refractivity contribution in [2.24, 2.45) is 4.99 Å². The Morgan fingerprint density at radius 1 is 1.40 bits per heavy atom. The van der Waals surface area contributed by atoms with Crippen LogP contribution in [-0.2, 0) is 0 Å². The summed E-state index contributed by atoms with van der Waals surface area (Å²) in [7, 11) is 0. The first-order chi connectivity index (χ1) is 7.25. The molecule has 1 aliphatic rings. The Morgan fingerprint density at radius 3 is 2.73 bits per heavy atom. The van der Waals surface area contributed by atoms with Crippen molar-refractivity contribution in [1.82, 2.24) is 5.32 Å². The van der Waals surface area contributed by atoms with Crippen LogP contribution in [0.3, 0.4) is 0 Å². The Labute approximate surface area is 96.9 Å². The Bertz CT molecular complexity index is 402. The summed E-state index contributed by atoms with van der Waals surface area (Å²) in [5, 5.41) is 4.07. The van der Waals surface area contributed by atoms with Crippen molar-refractivity contribution in [3.63, 3.8) is 0 Å². The minimum Gasteiger partial charge on any atom is -0.301 e. The summed E-state index contributed by atoms with van der Waals surface area (Å²) in [6.07, 6.45) is 0. The van der Waals surface area contributed by atoms with Crippen LogP contribution in [0.2, 0.25) is 5.02 Å². The molecule has 0 unspecified atom stereocenters. The summed E-state index contributed by atoms with van der Waals surface area (Å²) in [4.78, 5) is 15.8. The molecule has 1 N–H and O–H groups in total. The molecule has 0 saturated heterocycles. The zero-order valence-corrected chi connectivity index (χ0v) is 9.44. The predicted molar refractivity (Wildman–Crippen MR) is 63.7 cm³/mol. The Kier molecular flexibility index (Phi) is 3.28. The molecule has 1 aromatic carbocycles. The van der Waals surface area contributed by atoms with Gasteiger partial charge in [0.1, 0.15) is 0 Å². The molecule has 3 nitrogen and oxygen atoms in total. The van der Waals surface area contributed by atoms with Gasteiger partial charge in [-0.2, -0.15) is 0 Å². The number of carbonyl (C=O) groups is 1. The van der Waals surface area contributed by atoms with Gasteiger partial charge in [-0.15, -0.1) is 0 Å². The van der Waals surface area contributed by atoms with Gasteiger partial charge in [-0.3, -0.25) is 9.79 Å². The van der Waals surface area contributed by atoms with E-state index in [9.17, 15) is 4.79 Å². The van der Waals surface area contributed by atoms with Gasteiger partial charge in [-0.25, -0.2) is 0 Å². The number of rotatable bonds is 1. The quantitative estimate of drug-likeness (QED) is 0.818. The molecule has 2 rings (SSSR count). The number of hydrogen-bond donors (Lipinski definition) is 1. The van der Waals surface area contributed by atoms with Gasteiger partial charge in [0.25, 0.3) is 5.91 Å². The lowest BCUT2D eigenvalue weighted by Gasteiger charge is -2.03. The smallest absolute Gasteiger partial charge is 0.257 e. The summed E-state index contributed by atoms with van der Waals surface area (Å²) in [5.74, 6) is 0.802. The Hall–Kier alpha value is -1.00. The molecule has 0 saturated carbocycles. The van der Waals surface area contributed by atoms with Gasteiger partial charge in [0, 0.05) is 16.3 Å². The van der Waals surface area contributed by atoms with E-state index in [1.165, 1.54) is 0 Å². The standard InChI is InChI=1S/C10H9ClN2OS/c11-8-3-1-7(2-4-8)9(14)13-10-12-5-6-15-10/h1-4H,5-6H2,(H,12,13,14). The van der Waals surface area contributed by atoms with E-state index in [4.69, 9.17) is 11.6 Å². The van der Waals surface area contributed by atoms with E-state index in [-0.39, 0.29) is 5.91 Å². The number of amides is 1. The van der Waals surface area contributed by atoms with Gasteiger partial charge in [-0.1, -0.05) is 23.4 Å². The minimum absolute atomic E-state index is 0.139. The molecule has 0 fully saturated rings. The third kappa shape index (κ3) is 2.73. The average Bonchev–Trinajstić information content (AvgIpc) is 2.71. The van der Waals surface area contributed by atoms with Gasteiger partial charge in [0.15, 0.2) is 5.17 Å². The monoisotopic (exact) mass is 240 g/mol. The maximum Gasteiger partial charge on any atom is 0.257 e. The van der Waals surface area contributed by atoms with Crippen molar-refractivity contribution >= 4 is 34.4 Å². The first kappa shape index (κ1) is 10.5. The van der Waals surface area contributed by atoms with Gasteiger partial charge in [-0.05, 0) is 24.3 Å². The van der Waals surface area contributed by atoms with E-state index in [2.05, 4.69) is 10.3 Å². The van der Waals surface area contributed by atoms with Crippen LogP contribution in [0.4, 0.5) is 0 Å². The van der Waals surface area contributed by atoms with Crippen LogP contribution >= 0.6 is 23.4 Å². The van der Waals surface area contributed by atoms with Gasteiger partial charge in [0.2, 0.25) is 0 Å². The lowest BCUT2D eigenvalue weighted by molar-refractivity contribution is 0.0978. The van der Waals surface area contributed by atoms with Crippen LogP contribution in [0.15, 0.2) is 29.3 Å². The Morgan fingerprint density at radius 2 is 2.13 bits per heavy atom. The van der Waals surface area contributed by atoms with Crippen LogP contribution in [0.25, 0.3) is 0 Å². The SMILES string of the molecule is O=C(NC1=NCCS1)c1ccc(Cl)cc1. The Balaban J connectivity index is 2.04. The van der Waals surface area contributed by atoms with Gasteiger partial charge in [0.05, 0.1) is 6.54 Å². The molecule has 78 valence electrons. The highest BCUT2D eigenvalue weighted by atomic mass is 35.5. The zero-order valence-electron chi connectivity index (χ0n) is 7.87. The number of nitrogens with one attached hydrogen (secondary N) is 1. The number of amidine groups is 1. The molecule has 5 heteroatoms. The molecule has 0 bridgehead atoms. The molecule has 1 aliphatic heterocycles. The van der Waals surface area contributed by atoms with E-state index in [1.54, 1.807) is 36.0 Å². The average molecular weight is 241 g/mol. The third-order valence-corrected chi connectivity index (χ3v) is 3.06. The number of thioether (sulfide) groups is 1. The van der Waals surface area contributed by atoms with Crippen LogP contribution in [0.1, 0.15) is 10.4 Å². The predicted octanol–water partition coefficient (Wildman–Crippen LogP) is 2.17. The highest BCUT2D eigenvalue weighted by Crippen LogP contribution is 2.12. The molecular formula is C10H9ClN2OS. The number of nitrogens with zero attached hydrogens (tertiary/aromatic N) is 1. The molecule has 15 heavy (non-hydrogen) atoms. The van der Waals surface area contributed by atoms with E-state index in [1.807, 2.05) is 0 Å². The highest BCUT2D eigenvalue weighted by molar-refractivity contribution is 8.14. The lowest BCUT2D eigenvalue weighted by Crippen LogP contribution is -2.27. The molecule has 0 aliphatic carbocycles. The molecule has 1 aromatic rings. The maximum absolute atomic E-state index is 11.7. The number of aliphatic imine (C=N–C) groups is 1. The van der Waals surface area contributed by atoms with E-state index in [0.717, 1.165) is 12.3 Å². The summed E-state index contributed by atoms with van der Waals surface area (Å²) >= 11 is 7.29. The molecule has 0 radical (unpaired) electrons. The molecular weight excluding hydrogens is 232 g/mol. The van der Waals surface area contributed by atoms with Crippen molar-refractivity contribution in [3.05, 3.63) is 34.9 Å². The molecule has 1 heterocycles. The topological polar surface area (TPSA) is 41.5 Å². The van der Waals surface area contributed by atoms with Gasteiger partial charge >= 0.3 is 0 Å². The highest BCUT2D eigenvalue weighted by Gasteiger charge is 2.11. The normalized spacial score (nSPS) is 14.9. The summed E-state index contributed by atoms with van der Waals surface area (Å²) in [5.41, 5.74) is 0.592. The van der Waals surface area contributed by atoms with Crippen molar-refractivity contribution in [2.45, 2.75) is 0 Å². The first-order valence-corrected chi connectivity index (χ1v) is 5.86. The van der Waals surface area contributed by atoms with Crippen LogP contribution in [0, 0.1) is 0 Å². The third-order valence-electron chi connectivity index (χ3n) is 1.91. The number of benzene rings is 1. The van der Waals surface area contributed by atoms with Crippen LogP contribution in [-0.4, -0.2) is 23.4 Å². The number of halogens is 1. The summed E-state index contributed by atoms with van der Waals surface area (Å²) < 4.78 is 0. The van der Waals surface area contributed by atoms with E-state index in [0.29, 0.717) is 15.8 Å². The first-order valence-electron chi connectivity index (χ1n) is 4.50. The summed E-state index contributed by atoms with van der Waals surface area (Å²) in [6.45, 7) is 0.779. The second-order valence-corrected chi connectivity index (χ2v) is 4.52. The molecule has 0 aromatic heterocycles.